The van der Waals surface area contributed by atoms with E-state index in [9.17, 15) is 21.6 Å². The predicted octanol–water partition coefficient (Wildman–Crippen LogP) is 1.12. The Hall–Kier alpha value is -1.12. The lowest BCUT2D eigenvalue weighted by atomic mass is 10.1. The molecule has 0 aliphatic heterocycles. The molecule has 1 aromatic carbocycles. The molecule has 0 atom stereocenters. The van der Waals surface area contributed by atoms with Gasteiger partial charge in [-0.25, -0.2) is 26.3 Å². The average molecular weight is 282 g/mol. The van der Waals surface area contributed by atoms with E-state index in [0.29, 0.717) is 12.1 Å². The molecule has 102 valence electrons. The molecule has 0 spiro atoms. The summed E-state index contributed by atoms with van der Waals surface area (Å²) in [5, 5.41) is 0. The first-order valence-electron chi connectivity index (χ1n) is 4.98. The van der Waals surface area contributed by atoms with Crippen LogP contribution in [0.15, 0.2) is 17.0 Å². The molecule has 18 heavy (non-hydrogen) atoms. The van der Waals surface area contributed by atoms with Crippen molar-refractivity contribution in [3.63, 3.8) is 0 Å². The Bertz CT molecular complexity index is 535. The molecular formula is C10H13F3N2O2S. The highest BCUT2D eigenvalue weighted by Crippen LogP contribution is 2.18. The third-order valence-corrected chi connectivity index (χ3v) is 3.87. The Morgan fingerprint density at radius 1 is 1.22 bits per heavy atom. The topological polar surface area (TPSA) is 72.2 Å². The number of hydrogen-bond donors (Lipinski definition) is 2. The van der Waals surface area contributed by atoms with Gasteiger partial charge in [0.05, 0.1) is 4.90 Å². The van der Waals surface area contributed by atoms with Crippen molar-refractivity contribution in [2.24, 2.45) is 5.73 Å². The van der Waals surface area contributed by atoms with Gasteiger partial charge in [0.25, 0.3) is 0 Å². The van der Waals surface area contributed by atoms with Crippen LogP contribution in [-0.2, 0) is 10.0 Å². The summed E-state index contributed by atoms with van der Waals surface area (Å²) in [5.74, 6) is -4.85. The number of halogens is 3. The Balaban J connectivity index is 3.22. The van der Waals surface area contributed by atoms with Crippen LogP contribution >= 0.6 is 0 Å². The number of benzene rings is 1. The van der Waals surface area contributed by atoms with Crippen molar-refractivity contribution in [3.8, 4) is 0 Å². The highest BCUT2D eigenvalue weighted by atomic mass is 32.2. The first-order chi connectivity index (χ1) is 8.09. The number of nitrogens with one attached hydrogen (secondary N) is 1. The smallest absolute Gasteiger partial charge is 0.241 e. The maximum absolute atomic E-state index is 13.0. The van der Waals surface area contributed by atoms with E-state index in [1.54, 1.807) is 0 Å². The quantitative estimate of drug-likeness (QED) is 0.813. The zero-order chi connectivity index (χ0) is 14.1. The lowest BCUT2D eigenvalue weighted by Gasteiger charge is -2.23. The fourth-order valence-corrected chi connectivity index (χ4v) is 2.60. The van der Waals surface area contributed by atoms with Gasteiger partial charge in [-0.15, -0.1) is 0 Å². The van der Waals surface area contributed by atoms with E-state index < -0.39 is 37.9 Å². The van der Waals surface area contributed by atoms with E-state index in [4.69, 9.17) is 5.73 Å². The minimum Gasteiger partial charge on any atom is -0.329 e. The molecule has 0 aliphatic carbocycles. The zero-order valence-corrected chi connectivity index (χ0v) is 10.6. The maximum atomic E-state index is 13.0. The van der Waals surface area contributed by atoms with Gasteiger partial charge in [0.15, 0.2) is 17.5 Å². The van der Waals surface area contributed by atoms with Gasteiger partial charge in [0, 0.05) is 12.1 Å². The van der Waals surface area contributed by atoms with E-state index >= 15 is 0 Å². The molecular weight excluding hydrogens is 269 g/mol. The van der Waals surface area contributed by atoms with Gasteiger partial charge in [-0.1, -0.05) is 0 Å². The number of rotatable bonds is 4. The minimum absolute atomic E-state index is 0.0155. The van der Waals surface area contributed by atoms with Crippen molar-refractivity contribution in [2.75, 3.05) is 6.54 Å². The van der Waals surface area contributed by atoms with Crippen LogP contribution in [0.25, 0.3) is 0 Å². The summed E-state index contributed by atoms with van der Waals surface area (Å²) in [7, 11) is -4.17. The molecule has 0 amide bonds. The van der Waals surface area contributed by atoms with E-state index in [0.717, 1.165) is 0 Å². The third kappa shape index (κ3) is 3.21. The molecule has 1 aromatic rings. The van der Waals surface area contributed by atoms with E-state index in [1.165, 1.54) is 13.8 Å². The molecule has 8 heteroatoms. The standard InChI is InChI=1S/C10H13F3N2O2S/c1-10(2,5-14)15-18(16,17)6-3-7(11)9(13)8(12)4-6/h3-4,15H,5,14H2,1-2H3. The molecule has 1 rings (SSSR count). The van der Waals surface area contributed by atoms with Crippen LogP contribution in [0.1, 0.15) is 13.8 Å². The van der Waals surface area contributed by atoms with Crippen LogP contribution < -0.4 is 10.5 Å². The van der Waals surface area contributed by atoms with Crippen LogP contribution in [0.4, 0.5) is 13.2 Å². The van der Waals surface area contributed by atoms with Crippen molar-refractivity contribution >= 4 is 10.0 Å². The average Bonchev–Trinajstić information content (AvgIpc) is 2.23. The fourth-order valence-electron chi connectivity index (χ4n) is 1.15. The molecule has 0 heterocycles. The Morgan fingerprint density at radius 2 is 1.67 bits per heavy atom. The number of sulfonamides is 1. The molecule has 0 bridgehead atoms. The first-order valence-corrected chi connectivity index (χ1v) is 6.46. The summed E-state index contributed by atoms with van der Waals surface area (Å²) in [4.78, 5) is -0.694. The summed E-state index contributed by atoms with van der Waals surface area (Å²) in [5.41, 5.74) is 4.35. The molecule has 3 N–H and O–H groups in total. The number of hydrogen-bond acceptors (Lipinski definition) is 3. The summed E-state index contributed by atoms with van der Waals surface area (Å²) in [6.45, 7) is 2.99. The van der Waals surface area contributed by atoms with Crippen molar-refractivity contribution < 1.29 is 21.6 Å². The van der Waals surface area contributed by atoms with Crippen molar-refractivity contribution in [2.45, 2.75) is 24.3 Å². The highest BCUT2D eigenvalue weighted by Gasteiger charge is 2.26. The maximum Gasteiger partial charge on any atom is 0.241 e. The molecule has 0 unspecified atom stereocenters. The van der Waals surface area contributed by atoms with Crippen molar-refractivity contribution in [1.29, 1.82) is 0 Å². The highest BCUT2D eigenvalue weighted by molar-refractivity contribution is 7.89. The summed E-state index contributed by atoms with van der Waals surface area (Å²) < 4.78 is 64.4. The molecule has 0 aliphatic rings. The van der Waals surface area contributed by atoms with Crippen LogP contribution in [0.3, 0.4) is 0 Å². The van der Waals surface area contributed by atoms with Crippen LogP contribution in [0.5, 0.6) is 0 Å². The molecule has 0 saturated carbocycles. The summed E-state index contributed by atoms with van der Waals surface area (Å²) in [6, 6.07) is 0.820. The summed E-state index contributed by atoms with van der Waals surface area (Å²) in [6.07, 6.45) is 0. The summed E-state index contributed by atoms with van der Waals surface area (Å²) >= 11 is 0. The Labute approximate surface area is 103 Å². The van der Waals surface area contributed by atoms with Crippen LogP contribution in [0, 0.1) is 17.5 Å². The van der Waals surface area contributed by atoms with Gasteiger partial charge in [-0.05, 0) is 26.0 Å². The molecule has 0 fully saturated rings. The third-order valence-electron chi connectivity index (χ3n) is 2.19. The minimum atomic E-state index is -4.17. The number of nitrogens with two attached hydrogens (primary N) is 1. The molecule has 4 nitrogen and oxygen atoms in total. The fraction of sp³-hybridized carbons (Fsp3) is 0.400. The SMILES string of the molecule is CC(C)(CN)NS(=O)(=O)c1cc(F)c(F)c(F)c1. The zero-order valence-electron chi connectivity index (χ0n) is 9.80. The molecule has 0 saturated heterocycles. The van der Waals surface area contributed by atoms with Crippen LogP contribution in [0.2, 0.25) is 0 Å². The van der Waals surface area contributed by atoms with Gasteiger partial charge in [-0.2, -0.15) is 0 Å². The monoisotopic (exact) mass is 282 g/mol. The van der Waals surface area contributed by atoms with E-state index in [2.05, 4.69) is 4.72 Å². The Kier molecular flexibility index (Phi) is 4.04. The van der Waals surface area contributed by atoms with Gasteiger partial charge < -0.3 is 5.73 Å². The van der Waals surface area contributed by atoms with Crippen molar-refractivity contribution in [1.82, 2.24) is 4.72 Å². The second-order valence-electron chi connectivity index (χ2n) is 4.39. The predicted molar refractivity (Wildman–Crippen MR) is 59.8 cm³/mol. The first kappa shape index (κ1) is 14.9. The normalized spacial score (nSPS) is 12.8. The Morgan fingerprint density at radius 3 is 2.06 bits per heavy atom. The van der Waals surface area contributed by atoms with Gasteiger partial charge in [0.1, 0.15) is 0 Å². The van der Waals surface area contributed by atoms with Crippen LogP contribution in [-0.4, -0.2) is 20.5 Å². The van der Waals surface area contributed by atoms with E-state index in [-0.39, 0.29) is 6.54 Å². The molecule has 0 aromatic heterocycles. The van der Waals surface area contributed by atoms with Gasteiger partial charge >= 0.3 is 0 Å². The van der Waals surface area contributed by atoms with Gasteiger partial charge in [-0.3, -0.25) is 0 Å². The van der Waals surface area contributed by atoms with E-state index in [1.807, 2.05) is 0 Å². The lowest BCUT2D eigenvalue weighted by Crippen LogP contribution is -2.48. The largest absolute Gasteiger partial charge is 0.329 e. The lowest BCUT2D eigenvalue weighted by molar-refractivity contribution is 0.439. The molecule has 0 radical (unpaired) electrons. The second-order valence-corrected chi connectivity index (χ2v) is 6.08. The van der Waals surface area contributed by atoms with Crippen molar-refractivity contribution in [3.05, 3.63) is 29.6 Å². The van der Waals surface area contributed by atoms with Gasteiger partial charge in [0.2, 0.25) is 10.0 Å². The second kappa shape index (κ2) is 4.87.